The van der Waals surface area contributed by atoms with Crippen molar-refractivity contribution in [1.29, 1.82) is 0 Å². The third-order valence-electron chi connectivity index (χ3n) is 5.56. The highest BCUT2D eigenvalue weighted by Gasteiger charge is 2.44. The minimum absolute atomic E-state index is 0.0466. The summed E-state index contributed by atoms with van der Waals surface area (Å²) < 4.78 is 0. The molecule has 0 saturated carbocycles. The SMILES string of the molecule is C=CCN1C(=O)NC(c2ccc(C)cc2C)C2=C1CN(CC(=O)NCCN(C)C)C2=O. The van der Waals surface area contributed by atoms with Crippen LogP contribution in [0.25, 0.3) is 0 Å². The second kappa shape index (κ2) is 9.34. The largest absolute Gasteiger partial charge is 0.353 e. The molecule has 0 aromatic heterocycles. The lowest BCUT2D eigenvalue weighted by Gasteiger charge is -2.33. The first-order chi connectivity index (χ1) is 14.7. The van der Waals surface area contributed by atoms with Gasteiger partial charge < -0.3 is 20.4 Å². The molecule has 0 saturated heterocycles. The van der Waals surface area contributed by atoms with Crippen LogP contribution in [-0.4, -0.2) is 79.4 Å². The molecule has 1 aromatic carbocycles. The zero-order valence-electron chi connectivity index (χ0n) is 18.7. The van der Waals surface area contributed by atoms with Gasteiger partial charge in [0.05, 0.1) is 23.9 Å². The van der Waals surface area contributed by atoms with Crippen LogP contribution in [0.1, 0.15) is 22.7 Å². The predicted molar refractivity (Wildman–Crippen MR) is 119 cm³/mol. The van der Waals surface area contributed by atoms with Crippen molar-refractivity contribution in [1.82, 2.24) is 25.3 Å². The van der Waals surface area contributed by atoms with Gasteiger partial charge in [0.1, 0.15) is 6.54 Å². The summed E-state index contributed by atoms with van der Waals surface area (Å²) in [5, 5.41) is 5.82. The number of nitrogens with one attached hydrogen (secondary N) is 2. The molecule has 2 aliphatic heterocycles. The first-order valence-electron chi connectivity index (χ1n) is 10.4. The minimum Gasteiger partial charge on any atom is -0.353 e. The summed E-state index contributed by atoms with van der Waals surface area (Å²) in [6, 6.07) is 5.15. The molecule has 31 heavy (non-hydrogen) atoms. The number of nitrogens with zero attached hydrogens (tertiary/aromatic N) is 3. The average Bonchev–Trinajstić information content (AvgIpc) is 3.00. The molecule has 0 aliphatic carbocycles. The Morgan fingerprint density at radius 3 is 2.71 bits per heavy atom. The highest BCUT2D eigenvalue weighted by molar-refractivity contribution is 6.03. The van der Waals surface area contributed by atoms with E-state index >= 15 is 0 Å². The quantitative estimate of drug-likeness (QED) is 0.616. The molecule has 1 unspecified atom stereocenters. The normalized spacial score (nSPS) is 18.4. The fourth-order valence-electron chi connectivity index (χ4n) is 4.03. The number of benzene rings is 1. The van der Waals surface area contributed by atoms with Crippen LogP contribution < -0.4 is 10.6 Å². The lowest BCUT2D eigenvalue weighted by atomic mass is 9.91. The van der Waals surface area contributed by atoms with Crippen molar-refractivity contribution >= 4 is 17.8 Å². The van der Waals surface area contributed by atoms with Crippen molar-refractivity contribution in [2.45, 2.75) is 19.9 Å². The monoisotopic (exact) mass is 425 g/mol. The second-order valence-corrected chi connectivity index (χ2v) is 8.32. The molecule has 8 nitrogen and oxygen atoms in total. The van der Waals surface area contributed by atoms with E-state index in [0.29, 0.717) is 24.4 Å². The van der Waals surface area contributed by atoms with E-state index in [9.17, 15) is 14.4 Å². The number of carbonyl (C=O) groups is 3. The molecule has 4 amide bonds. The van der Waals surface area contributed by atoms with Crippen LogP contribution in [0.3, 0.4) is 0 Å². The van der Waals surface area contributed by atoms with Crippen LogP contribution in [-0.2, 0) is 9.59 Å². The van der Waals surface area contributed by atoms with Crippen molar-refractivity contribution in [3.8, 4) is 0 Å². The smallest absolute Gasteiger partial charge is 0.322 e. The summed E-state index contributed by atoms with van der Waals surface area (Å²) in [5.74, 6) is -0.440. The maximum Gasteiger partial charge on any atom is 0.322 e. The zero-order valence-corrected chi connectivity index (χ0v) is 18.7. The van der Waals surface area contributed by atoms with Gasteiger partial charge in [-0.05, 0) is 39.1 Å². The molecule has 1 aromatic rings. The van der Waals surface area contributed by atoms with Gasteiger partial charge in [-0.3, -0.25) is 14.5 Å². The molecule has 0 fully saturated rings. The standard InChI is InChI=1S/C23H31N5O3/c1-6-10-28-18-13-27(14-19(29)24-9-11-26(4)5)22(30)20(18)21(25-23(28)31)17-8-7-15(2)12-16(17)3/h6-8,12,21H,1,9-11,13-14H2,2-5H3,(H,24,29)(H,25,31). The lowest BCUT2D eigenvalue weighted by Crippen LogP contribution is -2.47. The first-order valence-corrected chi connectivity index (χ1v) is 10.4. The number of rotatable bonds is 8. The highest BCUT2D eigenvalue weighted by atomic mass is 16.2. The summed E-state index contributed by atoms with van der Waals surface area (Å²) in [6.07, 6.45) is 1.63. The fourth-order valence-corrected chi connectivity index (χ4v) is 4.03. The molecule has 8 heteroatoms. The number of urea groups is 1. The molecule has 0 radical (unpaired) electrons. The third kappa shape index (κ3) is 4.80. The second-order valence-electron chi connectivity index (χ2n) is 8.32. The van der Waals surface area contributed by atoms with Crippen LogP contribution in [0.4, 0.5) is 4.79 Å². The Hall–Kier alpha value is -3.13. The van der Waals surface area contributed by atoms with Gasteiger partial charge in [0, 0.05) is 19.6 Å². The topological polar surface area (TPSA) is 85.0 Å². The number of amides is 4. The Balaban J connectivity index is 1.87. The first kappa shape index (κ1) is 22.6. The van der Waals surface area contributed by atoms with E-state index in [1.54, 1.807) is 6.08 Å². The van der Waals surface area contributed by atoms with Crippen molar-refractivity contribution in [3.05, 3.63) is 58.8 Å². The van der Waals surface area contributed by atoms with E-state index in [2.05, 4.69) is 17.2 Å². The molecule has 166 valence electrons. The van der Waals surface area contributed by atoms with Gasteiger partial charge in [0.2, 0.25) is 5.91 Å². The van der Waals surface area contributed by atoms with Crippen molar-refractivity contribution < 1.29 is 14.4 Å². The third-order valence-corrected chi connectivity index (χ3v) is 5.56. The van der Waals surface area contributed by atoms with Gasteiger partial charge in [-0.15, -0.1) is 6.58 Å². The Labute approximate surface area is 183 Å². The number of aryl methyl sites for hydroxylation is 2. The van der Waals surface area contributed by atoms with E-state index in [-0.39, 0.29) is 30.9 Å². The van der Waals surface area contributed by atoms with Crippen LogP contribution in [0.5, 0.6) is 0 Å². The van der Waals surface area contributed by atoms with Gasteiger partial charge in [0.25, 0.3) is 5.91 Å². The number of hydrogen-bond donors (Lipinski definition) is 2. The number of likely N-dealkylation sites (N-methyl/N-ethyl adjacent to an activating group) is 1. The molecule has 0 spiro atoms. The fraction of sp³-hybridized carbons (Fsp3) is 0.435. The Morgan fingerprint density at radius 2 is 2.06 bits per heavy atom. The highest BCUT2D eigenvalue weighted by Crippen LogP contribution is 2.37. The Kier molecular flexibility index (Phi) is 6.80. The van der Waals surface area contributed by atoms with Crippen LogP contribution in [0, 0.1) is 13.8 Å². The molecule has 2 aliphatic rings. The average molecular weight is 426 g/mol. The lowest BCUT2D eigenvalue weighted by molar-refractivity contribution is -0.131. The van der Waals surface area contributed by atoms with Crippen molar-refractivity contribution in [3.63, 3.8) is 0 Å². The van der Waals surface area contributed by atoms with E-state index in [4.69, 9.17) is 0 Å². The summed E-state index contributed by atoms with van der Waals surface area (Å²) in [5.41, 5.74) is 4.16. The maximum absolute atomic E-state index is 13.4. The summed E-state index contributed by atoms with van der Waals surface area (Å²) in [4.78, 5) is 43.6. The van der Waals surface area contributed by atoms with Gasteiger partial charge in [-0.25, -0.2) is 4.79 Å². The summed E-state index contributed by atoms with van der Waals surface area (Å²) >= 11 is 0. The van der Waals surface area contributed by atoms with Crippen LogP contribution in [0.15, 0.2) is 42.1 Å². The maximum atomic E-state index is 13.4. The van der Waals surface area contributed by atoms with Crippen molar-refractivity contribution in [2.75, 3.05) is 46.8 Å². The molecular formula is C23H31N5O3. The molecule has 2 N–H and O–H groups in total. The Morgan fingerprint density at radius 1 is 1.32 bits per heavy atom. The zero-order chi connectivity index (χ0) is 22.7. The Bertz CT molecular complexity index is 937. The summed E-state index contributed by atoms with van der Waals surface area (Å²) in [6.45, 7) is 9.40. The van der Waals surface area contributed by atoms with Gasteiger partial charge in [-0.2, -0.15) is 0 Å². The minimum atomic E-state index is -0.543. The van der Waals surface area contributed by atoms with Gasteiger partial charge >= 0.3 is 6.03 Å². The van der Waals surface area contributed by atoms with E-state index in [1.807, 2.05) is 51.0 Å². The molecule has 0 bridgehead atoms. The van der Waals surface area contributed by atoms with E-state index < -0.39 is 6.04 Å². The summed E-state index contributed by atoms with van der Waals surface area (Å²) in [7, 11) is 3.86. The van der Waals surface area contributed by atoms with Crippen LogP contribution in [0.2, 0.25) is 0 Å². The predicted octanol–water partition coefficient (Wildman–Crippen LogP) is 1.33. The number of hydrogen-bond acceptors (Lipinski definition) is 4. The molecule has 2 heterocycles. The van der Waals surface area contributed by atoms with Crippen LogP contribution >= 0.6 is 0 Å². The van der Waals surface area contributed by atoms with Gasteiger partial charge in [0.15, 0.2) is 0 Å². The molecule has 3 rings (SSSR count). The van der Waals surface area contributed by atoms with E-state index in [0.717, 1.165) is 23.2 Å². The van der Waals surface area contributed by atoms with Crippen molar-refractivity contribution in [2.24, 2.45) is 0 Å². The number of carbonyl (C=O) groups excluding carboxylic acids is 3. The molecular weight excluding hydrogens is 394 g/mol. The van der Waals surface area contributed by atoms with Gasteiger partial charge in [-0.1, -0.05) is 29.8 Å². The molecule has 1 atom stereocenters. The van der Waals surface area contributed by atoms with E-state index in [1.165, 1.54) is 9.80 Å².